The Morgan fingerprint density at radius 1 is 1.15 bits per heavy atom. The maximum atomic E-state index is 13.7. The summed E-state index contributed by atoms with van der Waals surface area (Å²) in [6, 6.07) is 6.40. The highest BCUT2D eigenvalue weighted by molar-refractivity contribution is 5.94. The molecule has 7 heteroatoms. The average molecular weight is 367 g/mol. The first kappa shape index (κ1) is 17.5. The van der Waals surface area contributed by atoms with Gasteiger partial charge in [0.1, 0.15) is 5.82 Å². The van der Waals surface area contributed by atoms with Crippen LogP contribution in [0.25, 0.3) is 10.9 Å². The Hall–Kier alpha value is -2.96. The van der Waals surface area contributed by atoms with Gasteiger partial charge in [-0.15, -0.1) is 0 Å². The number of fused-ring (bicyclic) bond motifs is 1. The van der Waals surface area contributed by atoms with Crippen LogP contribution in [0.15, 0.2) is 42.9 Å². The number of carbonyl (C=O) groups excluding carboxylic acids is 1. The highest BCUT2D eigenvalue weighted by atomic mass is 19.1. The second-order valence-electron chi connectivity index (χ2n) is 7.35. The molecule has 140 valence electrons. The quantitative estimate of drug-likeness (QED) is 0.773. The molecule has 1 fully saturated rings. The third kappa shape index (κ3) is 3.13. The molecule has 1 aliphatic rings. The maximum absolute atomic E-state index is 13.7. The van der Waals surface area contributed by atoms with E-state index in [2.05, 4.69) is 19.9 Å². The number of hydrogen-bond donors (Lipinski definition) is 1. The molecule has 0 aliphatic carbocycles. The van der Waals surface area contributed by atoms with Crippen molar-refractivity contribution in [2.45, 2.75) is 19.3 Å². The van der Waals surface area contributed by atoms with Crippen LogP contribution in [0.5, 0.6) is 0 Å². The minimum Gasteiger partial charge on any atom is -0.361 e. The van der Waals surface area contributed by atoms with E-state index in [9.17, 15) is 9.18 Å². The lowest BCUT2D eigenvalue weighted by Gasteiger charge is -2.38. The van der Waals surface area contributed by atoms with Crippen molar-refractivity contribution >= 4 is 22.8 Å². The standard InChI is InChI=1S/C20H22FN5O/c1-20(2,16-13-24-17-5-4-14(21)12-15(16)17)18(27)25-8-10-26(11-9-25)19-22-6-3-7-23-19/h3-7,12-13,24H,8-11H2,1-2H3. The van der Waals surface area contributed by atoms with E-state index in [1.54, 1.807) is 24.5 Å². The molecular weight excluding hydrogens is 345 g/mol. The molecule has 1 aliphatic heterocycles. The molecule has 0 atom stereocenters. The summed E-state index contributed by atoms with van der Waals surface area (Å²) in [4.78, 5) is 28.9. The Labute approximate surface area is 157 Å². The molecule has 0 radical (unpaired) electrons. The number of H-pyrrole nitrogens is 1. The molecule has 1 saturated heterocycles. The number of aromatic amines is 1. The Morgan fingerprint density at radius 2 is 1.85 bits per heavy atom. The molecule has 0 unspecified atom stereocenters. The normalized spacial score (nSPS) is 15.4. The predicted molar refractivity (Wildman–Crippen MR) is 102 cm³/mol. The van der Waals surface area contributed by atoms with E-state index in [0.717, 1.165) is 16.5 Å². The van der Waals surface area contributed by atoms with E-state index >= 15 is 0 Å². The number of aromatic nitrogens is 3. The van der Waals surface area contributed by atoms with E-state index in [1.165, 1.54) is 12.1 Å². The molecule has 0 spiro atoms. The summed E-state index contributed by atoms with van der Waals surface area (Å²) in [5, 5.41) is 0.754. The number of benzene rings is 1. The van der Waals surface area contributed by atoms with Gasteiger partial charge >= 0.3 is 0 Å². The topological polar surface area (TPSA) is 65.1 Å². The van der Waals surface area contributed by atoms with Gasteiger partial charge in [-0.3, -0.25) is 4.79 Å². The minimum atomic E-state index is -0.753. The molecule has 27 heavy (non-hydrogen) atoms. The Balaban J connectivity index is 1.52. The number of rotatable bonds is 3. The molecule has 1 N–H and O–H groups in total. The number of amides is 1. The first-order valence-electron chi connectivity index (χ1n) is 9.05. The van der Waals surface area contributed by atoms with Gasteiger partial charge in [-0.1, -0.05) is 0 Å². The smallest absolute Gasteiger partial charge is 0.232 e. The molecule has 0 saturated carbocycles. The fraction of sp³-hybridized carbons (Fsp3) is 0.350. The molecule has 0 bridgehead atoms. The van der Waals surface area contributed by atoms with Crippen LogP contribution in [0.2, 0.25) is 0 Å². The highest BCUT2D eigenvalue weighted by Gasteiger charge is 2.37. The summed E-state index contributed by atoms with van der Waals surface area (Å²) < 4.78 is 13.7. The number of hydrogen-bond acceptors (Lipinski definition) is 4. The lowest BCUT2D eigenvalue weighted by atomic mass is 9.82. The molecule has 2 aromatic heterocycles. The van der Waals surface area contributed by atoms with E-state index in [-0.39, 0.29) is 11.7 Å². The second kappa shape index (κ2) is 6.64. The zero-order chi connectivity index (χ0) is 19.0. The highest BCUT2D eigenvalue weighted by Crippen LogP contribution is 2.33. The van der Waals surface area contributed by atoms with Crippen molar-refractivity contribution < 1.29 is 9.18 Å². The Morgan fingerprint density at radius 3 is 2.56 bits per heavy atom. The molecule has 4 rings (SSSR count). The van der Waals surface area contributed by atoms with Crippen molar-refractivity contribution in [2.75, 3.05) is 31.1 Å². The van der Waals surface area contributed by atoms with Gasteiger partial charge in [0.2, 0.25) is 11.9 Å². The third-order valence-electron chi connectivity index (χ3n) is 5.25. The van der Waals surface area contributed by atoms with E-state index in [1.807, 2.05) is 24.9 Å². The van der Waals surface area contributed by atoms with E-state index < -0.39 is 5.41 Å². The Kier molecular flexibility index (Phi) is 4.30. The van der Waals surface area contributed by atoms with E-state index in [0.29, 0.717) is 32.1 Å². The number of halogens is 1. The van der Waals surface area contributed by atoms with Crippen molar-refractivity contribution in [3.05, 3.63) is 54.2 Å². The predicted octanol–water partition coefficient (Wildman–Crippen LogP) is 2.72. The zero-order valence-electron chi connectivity index (χ0n) is 15.4. The van der Waals surface area contributed by atoms with Crippen molar-refractivity contribution in [2.24, 2.45) is 0 Å². The van der Waals surface area contributed by atoms with Crippen molar-refractivity contribution in [3.8, 4) is 0 Å². The van der Waals surface area contributed by atoms with Crippen LogP contribution in [0.3, 0.4) is 0 Å². The summed E-state index contributed by atoms with van der Waals surface area (Å²) in [6.45, 7) is 6.39. The van der Waals surface area contributed by atoms with Crippen LogP contribution in [0, 0.1) is 5.82 Å². The van der Waals surface area contributed by atoms with Crippen LogP contribution >= 0.6 is 0 Å². The van der Waals surface area contributed by atoms with Crippen LogP contribution in [0.4, 0.5) is 10.3 Å². The number of piperazine rings is 1. The molecule has 3 aromatic rings. The molecular formula is C20H22FN5O. The second-order valence-corrected chi connectivity index (χ2v) is 7.35. The monoisotopic (exact) mass is 367 g/mol. The van der Waals surface area contributed by atoms with Gasteiger partial charge in [0.25, 0.3) is 0 Å². The SMILES string of the molecule is CC(C)(C(=O)N1CCN(c2ncccn2)CC1)c1c[nH]c2ccc(F)cc12. The fourth-order valence-corrected chi connectivity index (χ4v) is 3.68. The number of nitrogens with one attached hydrogen (secondary N) is 1. The Bertz CT molecular complexity index is 961. The van der Waals surface area contributed by atoms with Crippen molar-refractivity contribution in [1.29, 1.82) is 0 Å². The largest absolute Gasteiger partial charge is 0.361 e. The van der Waals surface area contributed by atoms with Gasteiger partial charge in [-0.05, 0) is 43.7 Å². The summed E-state index contributed by atoms with van der Waals surface area (Å²) in [5.41, 5.74) is 0.895. The fourth-order valence-electron chi connectivity index (χ4n) is 3.68. The van der Waals surface area contributed by atoms with Crippen LogP contribution < -0.4 is 4.90 Å². The maximum Gasteiger partial charge on any atom is 0.232 e. The molecule has 3 heterocycles. The third-order valence-corrected chi connectivity index (χ3v) is 5.25. The van der Waals surface area contributed by atoms with Crippen LogP contribution in [0.1, 0.15) is 19.4 Å². The lowest BCUT2D eigenvalue weighted by Crippen LogP contribution is -2.53. The summed E-state index contributed by atoms with van der Waals surface area (Å²) in [6.07, 6.45) is 5.26. The minimum absolute atomic E-state index is 0.0429. The van der Waals surface area contributed by atoms with Crippen molar-refractivity contribution in [1.82, 2.24) is 19.9 Å². The first-order chi connectivity index (χ1) is 13.0. The summed E-state index contributed by atoms with van der Waals surface area (Å²) in [5.74, 6) is 0.431. The lowest BCUT2D eigenvalue weighted by molar-refractivity contribution is -0.136. The summed E-state index contributed by atoms with van der Waals surface area (Å²) >= 11 is 0. The molecule has 6 nitrogen and oxygen atoms in total. The number of nitrogens with zero attached hydrogens (tertiary/aromatic N) is 4. The number of carbonyl (C=O) groups is 1. The summed E-state index contributed by atoms with van der Waals surface area (Å²) in [7, 11) is 0. The molecule has 1 aromatic carbocycles. The van der Waals surface area contributed by atoms with Gasteiger partial charge in [0.15, 0.2) is 0 Å². The van der Waals surface area contributed by atoms with Crippen LogP contribution in [-0.2, 0) is 10.2 Å². The van der Waals surface area contributed by atoms with Gasteiger partial charge < -0.3 is 14.8 Å². The van der Waals surface area contributed by atoms with Gasteiger partial charge in [0.05, 0.1) is 5.41 Å². The first-order valence-corrected chi connectivity index (χ1v) is 9.05. The van der Waals surface area contributed by atoms with Gasteiger partial charge in [0, 0.05) is 55.7 Å². The van der Waals surface area contributed by atoms with Crippen LogP contribution in [-0.4, -0.2) is 51.9 Å². The number of anilines is 1. The molecule has 1 amide bonds. The van der Waals surface area contributed by atoms with Crippen molar-refractivity contribution in [3.63, 3.8) is 0 Å². The average Bonchev–Trinajstić information content (AvgIpc) is 3.12. The van der Waals surface area contributed by atoms with Gasteiger partial charge in [-0.25, -0.2) is 14.4 Å². The van der Waals surface area contributed by atoms with Gasteiger partial charge in [-0.2, -0.15) is 0 Å². The zero-order valence-corrected chi connectivity index (χ0v) is 15.4. The van der Waals surface area contributed by atoms with E-state index in [4.69, 9.17) is 0 Å².